The van der Waals surface area contributed by atoms with Crippen molar-refractivity contribution in [2.75, 3.05) is 31.1 Å². The Hall–Kier alpha value is -1.62. The van der Waals surface area contributed by atoms with E-state index < -0.39 is 0 Å². The third kappa shape index (κ3) is 1.50. The number of anilines is 1. The highest BCUT2D eigenvalue weighted by Crippen LogP contribution is 2.28. The van der Waals surface area contributed by atoms with Crippen LogP contribution in [0.25, 0.3) is 5.65 Å². The Balaban J connectivity index is 1.67. The summed E-state index contributed by atoms with van der Waals surface area (Å²) in [6.07, 6.45) is 2.03. The van der Waals surface area contributed by atoms with Gasteiger partial charge in [0, 0.05) is 32.4 Å². The summed E-state index contributed by atoms with van der Waals surface area (Å²) in [5.41, 5.74) is 2.15. The molecule has 5 heteroatoms. The smallest absolute Gasteiger partial charge is 0.245 e. The van der Waals surface area contributed by atoms with Crippen molar-refractivity contribution in [2.24, 2.45) is 11.8 Å². The van der Waals surface area contributed by atoms with Gasteiger partial charge in [0.25, 0.3) is 0 Å². The summed E-state index contributed by atoms with van der Waals surface area (Å²) in [6.45, 7) is 6.55. The fourth-order valence-electron chi connectivity index (χ4n) is 3.13. The highest BCUT2D eigenvalue weighted by Gasteiger charge is 2.37. The Kier molecular flexibility index (Phi) is 2.11. The van der Waals surface area contributed by atoms with Crippen LogP contribution in [0.5, 0.6) is 0 Å². The van der Waals surface area contributed by atoms with Crippen LogP contribution in [0.15, 0.2) is 18.3 Å². The Bertz CT molecular complexity index is 578. The third-order valence-corrected chi connectivity index (χ3v) is 4.14. The third-order valence-electron chi connectivity index (χ3n) is 4.14. The van der Waals surface area contributed by atoms with Gasteiger partial charge in [0.1, 0.15) is 0 Å². The van der Waals surface area contributed by atoms with Crippen molar-refractivity contribution in [2.45, 2.75) is 6.92 Å². The minimum atomic E-state index is 0.776. The maximum absolute atomic E-state index is 4.62. The van der Waals surface area contributed by atoms with E-state index in [0.29, 0.717) is 0 Å². The van der Waals surface area contributed by atoms with Gasteiger partial charge in [-0.2, -0.15) is 4.98 Å². The normalized spacial score (nSPS) is 27.1. The van der Waals surface area contributed by atoms with Crippen LogP contribution < -0.4 is 10.2 Å². The molecule has 0 bridgehead atoms. The molecule has 4 heterocycles. The van der Waals surface area contributed by atoms with Gasteiger partial charge in [0.15, 0.2) is 5.65 Å². The Morgan fingerprint density at radius 2 is 2.00 bits per heavy atom. The van der Waals surface area contributed by atoms with Crippen molar-refractivity contribution in [3.63, 3.8) is 0 Å². The van der Waals surface area contributed by atoms with Crippen molar-refractivity contribution in [1.29, 1.82) is 0 Å². The number of rotatable bonds is 1. The minimum Gasteiger partial charge on any atom is -0.339 e. The Morgan fingerprint density at radius 3 is 2.78 bits per heavy atom. The average Bonchev–Trinajstić information content (AvgIpc) is 2.99. The molecule has 2 saturated heterocycles. The molecule has 2 aliphatic rings. The summed E-state index contributed by atoms with van der Waals surface area (Å²) in [5, 5.41) is 8.05. The van der Waals surface area contributed by atoms with Crippen LogP contribution in [0.2, 0.25) is 0 Å². The number of nitrogens with zero attached hydrogens (tertiary/aromatic N) is 4. The predicted molar refractivity (Wildman–Crippen MR) is 69.8 cm³/mol. The standard InChI is InChI=1S/C13H17N5/c1-9-2-3-12-15-13(16-18(12)6-9)17-7-10-4-14-5-11(10)8-17/h2-3,6,10-11,14H,4-5,7-8H2,1H3/t10-,11+. The highest BCUT2D eigenvalue weighted by atomic mass is 15.4. The SMILES string of the molecule is Cc1ccc2nc(N3C[C@H]4CNC[C@H]4C3)nn2c1. The van der Waals surface area contributed by atoms with Crippen LogP contribution in [-0.2, 0) is 0 Å². The van der Waals surface area contributed by atoms with E-state index in [2.05, 4.69) is 33.3 Å². The minimum absolute atomic E-state index is 0.776. The first-order chi connectivity index (χ1) is 8.79. The van der Waals surface area contributed by atoms with Gasteiger partial charge in [0.2, 0.25) is 5.95 Å². The molecule has 1 N–H and O–H groups in total. The van der Waals surface area contributed by atoms with Gasteiger partial charge < -0.3 is 10.2 Å². The molecular formula is C13H17N5. The molecule has 0 saturated carbocycles. The first kappa shape index (κ1) is 10.3. The monoisotopic (exact) mass is 243 g/mol. The van der Waals surface area contributed by atoms with Crippen molar-refractivity contribution in [3.05, 3.63) is 23.9 Å². The Morgan fingerprint density at radius 1 is 1.22 bits per heavy atom. The molecule has 4 rings (SSSR count). The number of hydrogen-bond donors (Lipinski definition) is 1. The predicted octanol–water partition coefficient (Wildman–Crippen LogP) is 0.693. The van der Waals surface area contributed by atoms with E-state index in [1.807, 2.05) is 16.8 Å². The van der Waals surface area contributed by atoms with Gasteiger partial charge in [0.05, 0.1) is 0 Å². The van der Waals surface area contributed by atoms with Crippen LogP contribution in [0, 0.1) is 18.8 Å². The van der Waals surface area contributed by atoms with Gasteiger partial charge in [-0.3, -0.25) is 0 Å². The van der Waals surface area contributed by atoms with Crippen LogP contribution in [-0.4, -0.2) is 40.8 Å². The summed E-state index contributed by atoms with van der Waals surface area (Å²) in [4.78, 5) is 6.95. The van der Waals surface area contributed by atoms with Crippen LogP contribution in [0.3, 0.4) is 0 Å². The fourth-order valence-corrected chi connectivity index (χ4v) is 3.13. The van der Waals surface area contributed by atoms with Gasteiger partial charge in [-0.05, 0) is 30.4 Å². The largest absolute Gasteiger partial charge is 0.339 e. The van der Waals surface area contributed by atoms with Crippen molar-refractivity contribution >= 4 is 11.6 Å². The Labute approximate surface area is 106 Å². The van der Waals surface area contributed by atoms with Crippen LogP contribution in [0.1, 0.15) is 5.56 Å². The molecule has 0 amide bonds. The molecule has 2 fully saturated rings. The summed E-state index contributed by atoms with van der Waals surface area (Å²) in [7, 11) is 0. The second-order valence-electron chi connectivity index (χ2n) is 5.50. The van der Waals surface area contributed by atoms with E-state index in [0.717, 1.165) is 49.6 Å². The summed E-state index contributed by atoms with van der Waals surface area (Å²) >= 11 is 0. The second kappa shape index (κ2) is 3.68. The molecule has 0 aromatic carbocycles. The number of hydrogen-bond acceptors (Lipinski definition) is 4. The fraction of sp³-hybridized carbons (Fsp3) is 0.538. The molecule has 94 valence electrons. The van der Waals surface area contributed by atoms with E-state index in [1.54, 1.807) is 0 Å². The molecule has 2 aromatic heterocycles. The number of aromatic nitrogens is 3. The molecular weight excluding hydrogens is 226 g/mol. The maximum atomic E-state index is 4.62. The van der Waals surface area contributed by atoms with Crippen LogP contribution in [0.4, 0.5) is 5.95 Å². The van der Waals surface area contributed by atoms with Gasteiger partial charge >= 0.3 is 0 Å². The number of aryl methyl sites for hydroxylation is 1. The van der Waals surface area contributed by atoms with Gasteiger partial charge in [-0.1, -0.05) is 6.07 Å². The highest BCUT2D eigenvalue weighted by molar-refractivity contribution is 5.46. The zero-order chi connectivity index (χ0) is 12.1. The zero-order valence-corrected chi connectivity index (χ0v) is 10.5. The van der Waals surface area contributed by atoms with E-state index >= 15 is 0 Å². The van der Waals surface area contributed by atoms with Gasteiger partial charge in [-0.15, -0.1) is 5.10 Å². The second-order valence-corrected chi connectivity index (χ2v) is 5.50. The summed E-state index contributed by atoms with van der Waals surface area (Å²) < 4.78 is 1.89. The van der Waals surface area contributed by atoms with Crippen molar-refractivity contribution < 1.29 is 0 Å². The van der Waals surface area contributed by atoms with Crippen LogP contribution >= 0.6 is 0 Å². The maximum Gasteiger partial charge on any atom is 0.245 e. The first-order valence-corrected chi connectivity index (χ1v) is 6.58. The molecule has 2 aliphatic heterocycles. The molecule has 0 spiro atoms. The number of fused-ring (bicyclic) bond motifs is 2. The lowest BCUT2D eigenvalue weighted by atomic mass is 10.0. The molecule has 2 atom stereocenters. The van der Waals surface area contributed by atoms with Gasteiger partial charge in [-0.25, -0.2) is 4.52 Å². The molecule has 5 nitrogen and oxygen atoms in total. The lowest BCUT2D eigenvalue weighted by Crippen LogP contribution is -2.26. The summed E-state index contributed by atoms with van der Waals surface area (Å²) in [6, 6.07) is 4.11. The zero-order valence-electron chi connectivity index (χ0n) is 10.5. The lowest BCUT2D eigenvalue weighted by molar-refractivity contribution is 0.533. The lowest BCUT2D eigenvalue weighted by Gasteiger charge is -2.14. The first-order valence-electron chi connectivity index (χ1n) is 6.58. The number of pyridine rings is 1. The van der Waals surface area contributed by atoms with Crippen molar-refractivity contribution in [3.8, 4) is 0 Å². The average molecular weight is 243 g/mol. The molecule has 0 unspecified atom stereocenters. The molecule has 0 radical (unpaired) electrons. The van der Waals surface area contributed by atoms with E-state index in [1.165, 1.54) is 5.56 Å². The quantitative estimate of drug-likeness (QED) is 0.800. The van der Waals surface area contributed by atoms with Crippen molar-refractivity contribution in [1.82, 2.24) is 19.9 Å². The molecule has 18 heavy (non-hydrogen) atoms. The molecule has 0 aliphatic carbocycles. The topological polar surface area (TPSA) is 45.5 Å². The van der Waals surface area contributed by atoms with E-state index in [-0.39, 0.29) is 0 Å². The summed E-state index contributed by atoms with van der Waals surface area (Å²) in [5.74, 6) is 2.44. The number of nitrogens with one attached hydrogen (secondary N) is 1. The molecule has 2 aromatic rings. The van der Waals surface area contributed by atoms with E-state index in [4.69, 9.17) is 0 Å². The van der Waals surface area contributed by atoms with E-state index in [9.17, 15) is 0 Å².